The van der Waals surface area contributed by atoms with Gasteiger partial charge in [0.05, 0.1) is 19.3 Å². The van der Waals surface area contributed by atoms with Crippen LogP contribution in [0.4, 0.5) is 0 Å². The van der Waals surface area contributed by atoms with E-state index in [0.717, 1.165) is 4.57 Å². The van der Waals surface area contributed by atoms with Gasteiger partial charge in [0.15, 0.2) is 0 Å². The molecule has 182 valence electrons. The van der Waals surface area contributed by atoms with Crippen LogP contribution in [0, 0.1) is 6.92 Å². The van der Waals surface area contributed by atoms with E-state index in [2.05, 4.69) is 24.7 Å². The van der Waals surface area contributed by atoms with Crippen LogP contribution < -0.4 is 11.2 Å². The lowest BCUT2D eigenvalue weighted by molar-refractivity contribution is -0.0571. The van der Waals surface area contributed by atoms with Crippen molar-refractivity contribution in [3.05, 3.63) is 45.3 Å². The molecule has 2 unspecified atom stereocenters. The normalized spacial score (nSPS) is 25.2. The molecule has 16 nitrogen and oxygen atoms in total. The molecule has 1 aliphatic rings. The fourth-order valence-corrected chi connectivity index (χ4v) is 5.69. The topological polar surface area (TPSA) is 233 Å². The summed E-state index contributed by atoms with van der Waals surface area (Å²) in [4.78, 5) is 61.6. The number of hydrogen-bond donors (Lipinski definition) is 5. The zero-order valence-corrected chi connectivity index (χ0v) is 19.1. The second kappa shape index (κ2) is 10.3. The lowest BCUT2D eigenvalue weighted by atomic mass is 10.2. The minimum atomic E-state index is -5.67. The number of aromatic amines is 1. The largest absolute Gasteiger partial charge is 0.490 e. The quantitative estimate of drug-likeness (QED) is 0.191. The van der Waals surface area contributed by atoms with Gasteiger partial charge in [0.1, 0.15) is 12.3 Å². The summed E-state index contributed by atoms with van der Waals surface area (Å²) in [5.41, 5.74) is -1.15. The van der Waals surface area contributed by atoms with Crippen molar-refractivity contribution in [2.75, 3.05) is 13.2 Å². The van der Waals surface area contributed by atoms with E-state index in [1.807, 2.05) is 0 Å². The average molecular weight is 522 g/mol. The molecule has 2 rings (SSSR count). The second-order valence-electron chi connectivity index (χ2n) is 6.39. The predicted molar refractivity (Wildman–Crippen MR) is 104 cm³/mol. The summed E-state index contributed by atoms with van der Waals surface area (Å²) in [5.74, 6) is 0. The third-order valence-electron chi connectivity index (χ3n) is 3.88. The Bertz CT molecular complexity index is 1090. The molecular formula is C13H21N2O14P3. The van der Waals surface area contributed by atoms with Crippen LogP contribution in [-0.2, 0) is 36.3 Å². The maximum atomic E-state index is 12.1. The molecule has 1 aromatic rings. The molecule has 0 amide bonds. The van der Waals surface area contributed by atoms with Gasteiger partial charge in [0.25, 0.3) is 5.56 Å². The molecule has 1 aliphatic heterocycles. The maximum absolute atomic E-state index is 12.1. The van der Waals surface area contributed by atoms with Crippen LogP contribution in [0.1, 0.15) is 18.2 Å². The molecule has 1 saturated heterocycles. The monoisotopic (exact) mass is 522 g/mol. The summed E-state index contributed by atoms with van der Waals surface area (Å²) in [5, 5.41) is 0. The maximum Gasteiger partial charge on any atom is 0.490 e. The molecule has 32 heavy (non-hydrogen) atoms. The van der Waals surface area contributed by atoms with Crippen molar-refractivity contribution in [1.82, 2.24) is 9.55 Å². The van der Waals surface area contributed by atoms with Crippen LogP contribution in [0.15, 0.2) is 28.4 Å². The Morgan fingerprint density at radius 2 is 1.88 bits per heavy atom. The number of aromatic nitrogens is 2. The highest BCUT2D eigenvalue weighted by atomic mass is 31.3. The fourth-order valence-electron chi connectivity index (χ4n) is 2.66. The Labute approximate surface area is 179 Å². The van der Waals surface area contributed by atoms with E-state index in [1.54, 1.807) is 0 Å². The molecule has 0 saturated carbocycles. The van der Waals surface area contributed by atoms with Crippen molar-refractivity contribution in [3.63, 3.8) is 0 Å². The van der Waals surface area contributed by atoms with E-state index >= 15 is 0 Å². The zero-order chi connectivity index (χ0) is 24.3. The summed E-state index contributed by atoms with van der Waals surface area (Å²) >= 11 is 0. The van der Waals surface area contributed by atoms with Gasteiger partial charge in [0.2, 0.25) is 0 Å². The minimum Gasteiger partial charge on any atom is -0.371 e. The number of ether oxygens (including phenoxy) is 2. The summed E-state index contributed by atoms with van der Waals surface area (Å²) in [6, 6.07) is 0. The molecule has 0 spiro atoms. The highest BCUT2D eigenvalue weighted by Gasteiger charge is 2.43. The molecule has 2 heterocycles. The standard InChI is InChI=1S/C13H21N2O14P3/c1-3-4-25-9-5-11(15-6-8(2)12(16)14-13(15)17)27-10(9)7-26-31(21,22)29-32(23,24)28-30(18,19)20/h3,6,9-11H,1,4-5,7H2,2H3,(H,21,22)(H,23,24)(H,14,16,17)(H2,18,19,20)/t9-,10-,11-/m1/s1. The van der Waals surface area contributed by atoms with E-state index < -0.39 is 59.8 Å². The van der Waals surface area contributed by atoms with Gasteiger partial charge in [-0.1, -0.05) is 6.08 Å². The lowest BCUT2D eigenvalue weighted by Crippen LogP contribution is -2.33. The smallest absolute Gasteiger partial charge is 0.371 e. The van der Waals surface area contributed by atoms with Gasteiger partial charge in [-0.25, -0.2) is 18.5 Å². The first-order chi connectivity index (χ1) is 14.6. The highest BCUT2D eigenvalue weighted by Crippen LogP contribution is 2.66. The minimum absolute atomic E-state index is 0.0338. The third-order valence-corrected chi connectivity index (χ3v) is 7.69. The van der Waals surface area contributed by atoms with E-state index in [1.165, 1.54) is 19.2 Å². The van der Waals surface area contributed by atoms with Gasteiger partial charge >= 0.3 is 29.2 Å². The lowest BCUT2D eigenvalue weighted by Gasteiger charge is -2.21. The molecule has 0 aromatic carbocycles. The van der Waals surface area contributed by atoms with Crippen LogP contribution in [0.25, 0.3) is 0 Å². The van der Waals surface area contributed by atoms with Gasteiger partial charge in [-0.2, -0.15) is 8.62 Å². The summed E-state index contributed by atoms with van der Waals surface area (Å²) in [6.45, 7) is 4.21. The Hall–Kier alpha value is -1.25. The zero-order valence-electron chi connectivity index (χ0n) is 16.4. The molecule has 0 radical (unpaired) electrons. The van der Waals surface area contributed by atoms with Gasteiger partial charge in [0, 0.05) is 18.2 Å². The third kappa shape index (κ3) is 7.96. The first-order valence-electron chi connectivity index (χ1n) is 8.61. The van der Waals surface area contributed by atoms with Gasteiger partial charge < -0.3 is 29.0 Å². The Kier molecular flexibility index (Phi) is 8.73. The molecule has 5 N–H and O–H groups in total. The molecule has 19 heteroatoms. The van der Waals surface area contributed by atoms with Crippen LogP contribution in [0.2, 0.25) is 0 Å². The number of phosphoric ester groups is 1. The fraction of sp³-hybridized carbons (Fsp3) is 0.538. The molecule has 1 fully saturated rings. The van der Waals surface area contributed by atoms with Crippen molar-refractivity contribution >= 4 is 23.5 Å². The number of aryl methyl sites for hydroxylation is 1. The van der Waals surface area contributed by atoms with E-state index in [-0.39, 0.29) is 18.6 Å². The number of hydrogen-bond acceptors (Lipinski definition) is 10. The van der Waals surface area contributed by atoms with Crippen molar-refractivity contribution < 1.29 is 55.9 Å². The molecule has 0 aliphatic carbocycles. The molecular weight excluding hydrogens is 501 g/mol. The van der Waals surface area contributed by atoms with E-state index in [0.29, 0.717) is 0 Å². The average Bonchev–Trinajstić information content (AvgIpc) is 3.01. The summed E-state index contributed by atoms with van der Waals surface area (Å²) in [7, 11) is -16.6. The van der Waals surface area contributed by atoms with Crippen molar-refractivity contribution in [3.8, 4) is 0 Å². The van der Waals surface area contributed by atoms with Gasteiger partial charge in [-0.05, 0) is 6.92 Å². The van der Waals surface area contributed by atoms with Gasteiger partial charge in [-0.3, -0.25) is 18.9 Å². The van der Waals surface area contributed by atoms with E-state index in [4.69, 9.17) is 19.3 Å². The van der Waals surface area contributed by atoms with Crippen LogP contribution in [0.5, 0.6) is 0 Å². The first-order valence-corrected chi connectivity index (χ1v) is 13.1. The predicted octanol–water partition coefficient (Wildman–Crippen LogP) is 0.0470. The number of nitrogens with zero attached hydrogens (tertiary/aromatic N) is 1. The molecule has 1 aromatic heterocycles. The number of nitrogens with one attached hydrogen (secondary N) is 1. The first kappa shape index (κ1) is 27.0. The van der Waals surface area contributed by atoms with E-state index in [9.17, 15) is 33.1 Å². The number of phosphoric acid groups is 3. The molecule has 0 bridgehead atoms. The Morgan fingerprint density at radius 3 is 2.47 bits per heavy atom. The SMILES string of the molecule is C=CCO[C@@H]1C[C@H](n2cc(C)c(=O)[nH]c2=O)O[C@@H]1COP(=O)(O)OP(=O)(O)OP(=O)(O)O. The van der Waals surface area contributed by atoms with Gasteiger partial charge in [-0.15, -0.1) is 6.58 Å². The Balaban J connectivity index is 2.13. The van der Waals surface area contributed by atoms with Crippen LogP contribution in [0.3, 0.4) is 0 Å². The number of H-pyrrole nitrogens is 1. The highest BCUT2D eigenvalue weighted by molar-refractivity contribution is 7.66. The number of rotatable bonds is 11. The van der Waals surface area contributed by atoms with Crippen LogP contribution >= 0.6 is 23.5 Å². The second-order valence-corrected chi connectivity index (χ2v) is 10.8. The van der Waals surface area contributed by atoms with Crippen molar-refractivity contribution in [2.24, 2.45) is 0 Å². The Morgan fingerprint density at radius 1 is 1.22 bits per heavy atom. The summed E-state index contributed by atoms with van der Waals surface area (Å²) in [6.07, 6.45) is -0.191. The van der Waals surface area contributed by atoms with Crippen LogP contribution in [-0.4, -0.2) is 54.5 Å². The summed E-state index contributed by atoms with van der Waals surface area (Å²) < 4.78 is 58.0. The van der Waals surface area contributed by atoms with Crippen molar-refractivity contribution in [2.45, 2.75) is 31.8 Å². The molecule has 5 atom stereocenters. The van der Waals surface area contributed by atoms with Crippen molar-refractivity contribution in [1.29, 1.82) is 0 Å².